The lowest BCUT2D eigenvalue weighted by Gasteiger charge is -2.31. The summed E-state index contributed by atoms with van der Waals surface area (Å²) in [6.45, 7) is 12.7. The molecule has 0 spiro atoms. The molecule has 186 valence electrons. The van der Waals surface area contributed by atoms with Crippen molar-refractivity contribution in [3.05, 3.63) is 63.6 Å². The van der Waals surface area contributed by atoms with Crippen molar-refractivity contribution in [1.29, 1.82) is 0 Å². The van der Waals surface area contributed by atoms with Gasteiger partial charge >= 0.3 is 6.03 Å². The van der Waals surface area contributed by atoms with Crippen LogP contribution in [0.25, 0.3) is 0 Å². The van der Waals surface area contributed by atoms with Gasteiger partial charge in [0.15, 0.2) is 0 Å². The number of ether oxygens (including phenoxy) is 1. The van der Waals surface area contributed by atoms with Gasteiger partial charge in [-0.25, -0.2) is 4.79 Å². The monoisotopic (exact) mass is 507 g/mol. The molecule has 2 rings (SSSR count). The van der Waals surface area contributed by atoms with Crippen LogP contribution in [-0.2, 0) is 16.1 Å². The number of benzene rings is 2. The van der Waals surface area contributed by atoms with E-state index in [4.69, 9.17) is 27.9 Å². The zero-order chi connectivity index (χ0) is 25.5. The molecule has 0 saturated carbocycles. The van der Waals surface area contributed by atoms with Crippen molar-refractivity contribution in [1.82, 2.24) is 10.2 Å². The molecule has 0 radical (unpaired) electrons. The summed E-state index contributed by atoms with van der Waals surface area (Å²) in [6, 6.07) is 12.5. The number of hydrogen-bond acceptors (Lipinski definition) is 3. The van der Waals surface area contributed by atoms with E-state index in [-0.39, 0.29) is 24.1 Å². The summed E-state index contributed by atoms with van der Waals surface area (Å²) >= 11 is 12.3. The second kappa shape index (κ2) is 12.4. The number of carbonyl (C=O) groups excluding carboxylic acids is 2. The van der Waals surface area contributed by atoms with Crippen LogP contribution in [0.1, 0.15) is 58.8 Å². The number of nitrogens with one attached hydrogen (secondary N) is 2. The fourth-order valence-corrected chi connectivity index (χ4v) is 3.53. The maximum Gasteiger partial charge on any atom is 0.322 e. The lowest BCUT2D eigenvalue weighted by atomic mass is 9.95. The van der Waals surface area contributed by atoms with E-state index in [1.165, 1.54) is 0 Å². The van der Waals surface area contributed by atoms with Crippen LogP contribution in [0, 0.1) is 5.41 Å². The molecule has 0 aliphatic heterocycles. The van der Waals surface area contributed by atoms with Crippen LogP contribution in [0.2, 0.25) is 10.0 Å². The van der Waals surface area contributed by atoms with E-state index in [1.807, 2.05) is 71.9 Å². The van der Waals surface area contributed by atoms with Crippen LogP contribution in [-0.4, -0.2) is 36.0 Å². The number of halogens is 2. The Kier molecular flexibility index (Phi) is 10.2. The largest absolute Gasteiger partial charge is 0.372 e. The van der Waals surface area contributed by atoms with E-state index in [1.54, 1.807) is 17.0 Å². The van der Waals surface area contributed by atoms with Gasteiger partial charge in [0.05, 0.1) is 16.6 Å². The molecule has 2 aromatic rings. The number of rotatable bonds is 9. The first-order chi connectivity index (χ1) is 15.9. The second-order valence-corrected chi connectivity index (χ2v) is 10.2. The van der Waals surface area contributed by atoms with Gasteiger partial charge in [-0.15, -0.1) is 0 Å². The van der Waals surface area contributed by atoms with E-state index in [0.717, 1.165) is 11.1 Å². The maximum atomic E-state index is 13.1. The van der Waals surface area contributed by atoms with Crippen LogP contribution in [0.15, 0.2) is 42.5 Å². The van der Waals surface area contributed by atoms with E-state index in [9.17, 15) is 9.59 Å². The summed E-state index contributed by atoms with van der Waals surface area (Å²) < 4.78 is 5.93. The van der Waals surface area contributed by atoms with Gasteiger partial charge in [-0.3, -0.25) is 4.79 Å². The SMILES string of the molecule is CCOC(CN(C(=O)Nc1ccc(CNC(=O)C(C)(C)C)cc1)C(C)C)c1ccc(Cl)c(Cl)c1. The average Bonchev–Trinajstić information content (AvgIpc) is 2.76. The second-order valence-electron chi connectivity index (χ2n) is 9.42. The van der Waals surface area contributed by atoms with Crippen LogP contribution in [0.4, 0.5) is 10.5 Å². The maximum absolute atomic E-state index is 13.1. The summed E-state index contributed by atoms with van der Waals surface area (Å²) in [7, 11) is 0. The molecule has 2 aromatic carbocycles. The first kappa shape index (κ1) is 28.0. The topological polar surface area (TPSA) is 70.7 Å². The zero-order valence-electron chi connectivity index (χ0n) is 20.7. The van der Waals surface area contributed by atoms with Crippen molar-refractivity contribution in [2.24, 2.45) is 5.41 Å². The highest BCUT2D eigenvalue weighted by Gasteiger charge is 2.24. The van der Waals surface area contributed by atoms with Crippen molar-refractivity contribution in [2.45, 2.75) is 60.2 Å². The Morgan fingerprint density at radius 2 is 1.68 bits per heavy atom. The average molecular weight is 508 g/mol. The Balaban J connectivity index is 2.07. The molecule has 0 aromatic heterocycles. The lowest BCUT2D eigenvalue weighted by Crippen LogP contribution is -2.43. The van der Waals surface area contributed by atoms with Gasteiger partial charge in [-0.2, -0.15) is 0 Å². The number of urea groups is 1. The summed E-state index contributed by atoms with van der Waals surface area (Å²) in [4.78, 5) is 26.9. The molecule has 0 heterocycles. The van der Waals surface area contributed by atoms with Gasteiger partial charge in [0.2, 0.25) is 5.91 Å². The molecule has 0 fully saturated rings. The van der Waals surface area contributed by atoms with Crippen molar-refractivity contribution in [3.63, 3.8) is 0 Å². The molecule has 3 amide bonds. The molecule has 34 heavy (non-hydrogen) atoms. The molecule has 8 heteroatoms. The first-order valence-corrected chi connectivity index (χ1v) is 12.2. The van der Waals surface area contributed by atoms with Crippen LogP contribution >= 0.6 is 23.2 Å². The third-order valence-electron chi connectivity index (χ3n) is 5.27. The van der Waals surface area contributed by atoms with E-state index in [2.05, 4.69) is 10.6 Å². The number of nitrogens with zero attached hydrogens (tertiary/aromatic N) is 1. The van der Waals surface area contributed by atoms with Gasteiger partial charge in [0.1, 0.15) is 6.10 Å². The Morgan fingerprint density at radius 3 is 2.21 bits per heavy atom. The van der Waals surface area contributed by atoms with Crippen molar-refractivity contribution in [2.75, 3.05) is 18.5 Å². The van der Waals surface area contributed by atoms with Crippen molar-refractivity contribution >= 4 is 40.8 Å². The highest BCUT2D eigenvalue weighted by molar-refractivity contribution is 6.42. The molecule has 2 N–H and O–H groups in total. The van der Waals surface area contributed by atoms with Gasteiger partial charge in [-0.05, 0) is 56.2 Å². The molecule has 0 bridgehead atoms. The van der Waals surface area contributed by atoms with E-state index >= 15 is 0 Å². The minimum Gasteiger partial charge on any atom is -0.372 e. The fraction of sp³-hybridized carbons (Fsp3) is 0.462. The first-order valence-electron chi connectivity index (χ1n) is 11.4. The quantitative estimate of drug-likeness (QED) is 0.397. The van der Waals surface area contributed by atoms with Gasteiger partial charge in [0, 0.05) is 30.3 Å². The van der Waals surface area contributed by atoms with Crippen molar-refractivity contribution < 1.29 is 14.3 Å². The minimum absolute atomic E-state index is 0.0109. The van der Waals surface area contributed by atoms with Crippen LogP contribution < -0.4 is 10.6 Å². The molecular formula is C26H35Cl2N3O3. The van der Waals surface area contributed by atoms with E-state index < -0.39 is 5.41 Å². The van der Waals surface area contributed by atoms with E-state index in [0.29, 0.717) is 35.4 Å². The third-order valence-corrected chi connectivity index (χ3v) is 6.01. The molecule has 6 nitrogen and oxygen atoms in total. The molecule has 0 aliphatic carbocycles. The molecule has 1 unspecified atom stereocenters. The third kappa shape index (κ3) is 8.19. The standard InChI is InChI=1S/C26H35Cl2N3O3/c1-7-34-23(19-10-13-21(27)22(28)14-19)16-31(17(2)3)25(33)30-20-11-8-18(9-12-20)15-29-24(32)26(4,5)6/h8-14,17,23H,7,15-16H2,1-6H3,(H,29,32)(H,30,33). The molecule has 0 saturated heterocycles. The number of hydrogen-bond donors (Lipinski definition) is 2. The summed E-state index contributed by atoms with van der Waals surface area (Å²) in [5.74, 6) is -0.0109. The predicted molar refractivity (Wildman–Crippen MR) is 139 cm³/mol. The summed E-state index contributed by atoms with van der Waals surface area (Å²) in [5.41, 5.74) is 2.04. The Bertz CT molecular complexity index is 972. The number of amides is 3. The number of anilines is 1. The molecule has 1 atom stereocenters. The van der Waals surface area contributed by atoms with Crippen LogP contribution in [0.5, 0.6) is 0 Å². The minimum atomic E-state index is -0.440. The molecule has 0 aliphatic rings. The fourth-order valence-electron chi connectivity index (χ4n) is 3.22. The molecular weight excluding hydrogens is 473 g/mol. The highest BCUT2D eigenvalue weighted by atomic mass is 35.5. The van der Waals surface area contributed by atoms with Crippen molar-refractivity contribution in [3.8, 4) is 0 Å². The van der Waals surface area contributed by atoms with Crippen LogP contribution in [0.3, 0.4) is 0 Å². The zero-order valence-corrected chi connectivity index (χ0v) is 22.3. The normalized spacial score (nSPS) is 12.4. The van der Waals surface area contributed by atoms with Gasteiger partial charge in [0.25, 0.3) is 0 Å². The highest BCUT2D eigenvalue weighted by Crippen LogP contribution is 2.28. The predicted octanol–water partition coefficient (Wildman–Crippen LogP) is 6.68. The van der Waals surface area contributed by atoms with Gasteiger partial charge < -0.3 is 20.3 Å². The Morgan fingerprint density at radius 1 is 1.03 bits per heavy atom. The Labute approximate surface area is 213 Å². The summed E-state index contributed by atoms with van der Waals surface area (Å²) in [6.07, 6.45) is -0.346. The number of carbonyl (C=O) groups is 2. The smallest absolute Gasteiger partial charge is 0.322 e. The Hall–Kier alpha value is -2.28. The lowest BCUT2D eigenvalue weighted by molar-refractivity contribution is -0.128. The van der Waals surface area contributed by atoms with Gasteiger partial charge in [-0.1, -0.05) is 62.2 Å². The summed E-state index contributed by atoms with van der Waals surface area (Å²) in [5, 5.41) is 6.80.